The number of nitrogens with zero attached hydrogens (tertiary/aromatic N) is 2. The van der Waals surface area contributed by atoms with Gasteiger partial charge in [0.15, 0.2) is 0 Å². The Balaban J connectivity index is 1.17. The van der Waals surface area contributed by atoms with E-state index in [4.69, 9.17) is 4.98 Å². The second-order valence-electron chi connectivity index (χ2n) is 10.4. The molecule has 0 aliphatic heterocycles. The molecule has 0 aliphatic carbocycles. The van der Waals surface area contributed by atoms with Gasteiger partial charge in [-0.2, -0.15) is 0 Å². The van der Waals surface area contributed by atoms with Crippen molar-refractivity contribution in [2.45, 2.75) is 0 Å². The van der Waals surface area contributed by atoms with Crippen molar-refractivity contribution >= 4 is 74.9 Å². The third-order valence-corrected chi connectivity index (χ3v) is 10.3. The van der Waals surface area contributed by atoms with Gasteiger partial charge in [-0.15, -0.1) is 22.7 Å². The predicted molar refractivity (Wildman–Crippen MR) is 178 cm³/mol. The number of fused-ring (bicyclic) bond motifs is 8. The smallest absolute Gasteiger partial charge is 0.124 e. The molecule has 0 saturated heterocycles. The number of aromatic nitrogens is 2. The lowest BCUT2D eigenvalue weighted by Gasteiger charge is -2.09. The van der Waals surface area contributed by atoms with Gasteiger partial charge in [0.25, 0.3) is 0 Å². The molecule has 2 nitrogen and oxygen atoms in total. The zero-order valence-electron chi connectivity index (χ0n) is 21.9. The van der Waals surface area contributed by atoms with Gasteiger partial charge >= 0.3 is 0 Å². The summed E-state index contributed by atoms with van der Waals surface area (Å²) < 4.78 is 6.23. The van der Waals surface area contributed by atoms with E-state index in [-0.39, 0.29) is 0 Å². The number of rotatable bonds is 3. The first-order valence-electron chi connectivity index (χ1n) is 13.7. The highest BCUT2D eigenvalue weighted by Gasteiger charge is 2.16. The summed E-state index contributed by atoms with van der Waals surface area (Å²) in [5.74, 6) is 0. The first-order chi connectivity index (χ1) is 20.3. The molecule has 0 aliphatic rings. The van der Waals surface area contributed by atoms with Gasteiger partial charge in [-0.3, -0.25) is 0 Å². The summed E-state index contributed by atoms with van der Waals surface area (Å²) in [6.07, 6.45) is 0. The minimum atomic E-state index is 1.06. The normalized spacial score (nSPS) is 11.9. The Kier molecular flexibility index (Phi) is 4.97. The number of benzene rings is 6. The highest BCUT2D eigenvalue weighted by molar-refractivity contribution is 7.26. The summed E-state index contributed by atoms with van der Waals surface area (Å²) in [6.45, 7) is 0. The molecule has 0 unspecified atom stereocenters. The Morgan fingerprint density at radius 1 is 0.463 bits per heavy atom. The molecule has 4 heteroatoms. The lowest BCUT2D eigenvalue weighted by molar-refractivity contribution is 1.18. The molecular formula is C37H22N2S2. The van der Waals surface area contributed by atoms with Crippen molar-refractivity contribution in [3.05, 3.63) is 133 Å². The third-order valence-electron chi connectivity index (χ3n) is 8.05. The van der Waals surface area contributed by atoms with Crippen LogP contribution in [0.25, 0.3) is 79.6 Å². The molecule has 41 heavy (non-hydrogen) atoms. The Bertz CT molecular complexity index is 2410. The molecular weight excluding hydrogens is 537 g/mol. The molecule has 6 aromatic carbocycles. The molecule has 3 aromatic heterocycles. The van der Waals surface area contributed by atoms with Crippen LogP contribution in [0, 0.1) is 0 Å². The highest BCUT2D eigenvalue weighted by Crippen LogP contribution is 2.42. The molecule has 0 radical (unpaired) electrons. The van der Waals surface area contributed by atoms with Crippen molar-refractivity contribution in [2.75, 3.05) is 0 Å². The first-order valence-corrected chi connectivity index (χ1v) is 15.4. The highest BCUT2D eigenvalue weighted by atomic mass is 32.1. The fraction of sp³-hybridized carbons (Fsp3) is 0. The van der Waals surface area contributed by atoms with Crippen LogP contribution in [0.15, 0.2) is 133 Å². The summed E-state index contributed by atoms with van der Waals surface area (Å²) >= 11 is 3.62. The third kappa shape index (κ3) is 3.51. The van der Waals surface area contributed by atoms with E-state index in [9.17, 15) is 0 Å². The van der Waals surface area contributed by atoms with E-state index >= 15 is 0 Å². The molecule has 9 aromatic rings. The van der Waals surface area contributed by atoms with Crippen LogP contribution in [0.3, 0.4) is 0 Å². The predicted octanol–water partition coefficient (Wildman–Crippen LogP) is 11.1. The summed E-state index contributed by atoms with van der Waals surface area (Å²) in [7, 11) is 0. The molecule has 3 heterocycles. The maximum atomic E-state index is 5.18. The van der Waals surface area contributed by atoms with Crippen LogP contribution in [0.1, 0.15) is 0 Å². The monoisotopic (exact) mass is 558 g/mol. The SMILES string of the molecule is c1ccc(-c2ccc3c(c2)c2ccccc2n3-c2ccc(-c3nc4c(ccc5sc6ccccc6c54)s3)cc2)cc1. The fourth-order valence-corrected chi connectivity index (χ4v) is 8.23. The van der Waals surface area contributed by atoms with E-state index in [1.165, 1.54) is 57.8 Å². The average molecular weight is 559 g/mol. The Hall–Kier alpha value is -4.77. The minimum absolute atomic E-state index is 1.06. The lowest BCUT2D eigenvalue weighted by atomic mass is 10.0. The summed E-state index contributed by atoms with van der Waals surface area (Å²) in [5.41, 5.74) is 8.31. The van der Waals surface area contributed by atoms with Gasteiger partial charge in [-0.1, -0.05) is 72.8 Å². The molecule has 9 rings (SSSR count). The van der Waals surface area contributed by atoms with E-state index in [1.54, 1.807) is 11.3 Å². The van der Waals surface area contributed by atoms with Crippen LogP contribution in [0.4, 0.5) is 0 Å². The Labute approximate surface area is 244 Å². The number of hydrogen-bond donors (Lipinski definition) is 0. The topological polar surface area (TPSA) is 17.8 Å². The van der Waals surface area contributed by atoms with Gasteiger partial charge < -0.3 is 4.57 Å². The molecule has 0 saturated carbocycles. The zero-order valence-corrected chi connectivity index (χ0v) is 23.5. The summed E-state index contributed by atoms with van der Waals surface area (Å²) in [6, 6.07) is 48.2. The van der Waals surface area contributed by atoms with Crippen LogP contribution in [-0.4, -0.2) is 9.55 Å². The van der Waals surface area contributed by atoms with Gasteiger partial charge in [0.1, 0.15) is 5.01 Å². The second-order valence-corrected chi connectivity index (χ2v) is 12.5. The van der Waals surface area contributed by atoms with Crippen molar-refractivity contribution in [1.82, 2.24) is 9.55 Å². The second kappa shape index (κ2) is 8.87. The fourth-order valence-electron chi connectivity index (χ4n) is 6.14. The van der Waals surface area contributed by atoms with Crippen molar-refractivity contribution in [3.8, 4) is 27.4 Å². The van der Waals surface area contributed by atoms with Gasteiger partial charge in [-0.05, 0) is 71.8 Å². The summed E-state index contributed by atoms with van der Waals surface area (Å²) in [5, 5.41) is 6.17. The maximum Gasteiger partial charge on any atom is 0.124 e. The molecule has 0 atom stereocenters. The standard InChI is InChI=1S/C37H22N2S2/c1-2-8-23(9-3-1)25-16-19-31-29(22-25)27-10-4-6-12-30(27)39(31)26-17-14-24(15-18-26)37-38-36-34(41-37)21-20-33-35(36)28-11-5-7-13-32(28)40-33/h1-22H. The van der Waals surface area contributed by atoms with Gasteiger partial charge in [0.05, 0.1) is 21.3 Å². The van der Waals surface area contributed by atoms with Crippen LogP contribution in [-0.2, 0) is 0 Å². The molecule has 0 N–H and O–H groups in total. The molecule has 0 spiro atoms. The number of thiophene rings is 1. The van der Waals surface area contributed by atoms with Crippen molar-refractivity contribution in [2.24, 2.45) is 0 Å². The van der Waals surface area contributed by atoms with Gasteiger partial charge in [-0.25, -0.2) is 4.98 Å². The zero-order chi connectivity index (χ0) is 26.9. The Morgan fingerprint density at radius 3 is 2.05 bits per heavy atom. The van der Waals surface area contributed by atoms with Gasteiger partial charge in [0, 0.05) is 42.2 Å². The van der Waals surface area contributed by atoms with E-state index in [1.807, 2.05) is 11.3 Å². The first kappa shape index (κ1) is 23.0. The van der Waals surface area contributed by atoms with Gasteiger partial charge in [0.2, 0.25) is 0 Å². The maximum absolute atomic E-state index is 5.18. The molecule has 0 fully saturated rings. The van der Waals surface area contributed by atoms with Crippen LogP contribution >= 0.6 is 22.7 Å². The lowest BCUT2D eigenvalue weighted by Crippen LogP contribution is -1.93. The van der Waals surface area contributed by atoms with Crippen LogP contribution < -0.4 is 0 Å². The number of hydrogen-bond acceptors (Lipinski definition) is 3. The minimum Gasteiger partial charge on any atom is -0.309 e. The average Bonchev–Trinajstić information content (AvgIpc) is 3.73. The van der Waals surface area contributed by atoms with E-state index in [0.717, 1.165) is 21.8 Å². The molecule has 0 bridgehead atoms. The van der Waals surface area contributed by atoms with Crippen LogP contribution in [0.5, 0.6) is 0 Å². The number of thiazole rings is 1. The van der Waals surface area contributed by atoms with Crippen molar-refractivity contribution < 1.29 is 0 Å². The van der Waals surface area contributed by atoms with Crippen molar-refractivity contribution in [3.63, 3.8) is 0 Å². The van der Waals surface area contributed by atoms with E-state index in [0.29, 0.717) is 0 Å². The summed E-state index contributed by atoms with van der Waals surface area (Å²) in [4.78, 5) is 5.18. The van der Waals surface area contributed by atoms with Crippen LogP contribution in [0.2, 0.25) is 0 Å². The largest absolute Gasteiger partial charge is 0.309 e. The van der Waals surface area contributed by atoms with E-state index in [2.05, 4.69) is 138 Å². The van der Waals surface area contributed by atoms with E-state index < -0.39 is 0 Å². The molecule has 192 valence electrons. The quantitative estimate of drug-likeness (QED) is 0.211. The Morgan fingerprint density at radius 2 is 1.17 bits per heavy atom. The molecule has 0 amide bonds. The number of para-hydroxylation sites is 1. The van der Waals surface area contributed by atoms with Crippen molar-refractivity contribution in [1.29, 1.82) is 0 Å².